The second-order valence-corrected chi connectivity index (χ2v) is 4.50. The van der Waals surface area contributed by atoms with Crippen LogP contribution in [0, 0.1) is 18.8 Å². The lowest BCUT2D eigenvalue weighted by molar-refractivity contribution is 0.102. The highest BCUT2D eigenvalue weighted by molar-refractivity contribution is 6.04. The molecule has 0 bridgehead atoms. The Morgan fingerprint density at radius 1 is 1.29 bits per heavy atom. The van der Waals surface area contributed by atoms with Crippen LogP contribution in [-0.2, 0) is 0 Å². The van der Waals surface area contributed by atoms with Crippen LogP contribution in [0.25, 0.3) is 0 Å². The molecule has 2 N–H and O–H groups in total. The Morgan fingerprint density at radius 3 is 2.76 bits per heavy atom. The Labute approximate surface area is 123 Å². The molecule has 4 nitrogen and oxygen atoms in total. The molecule has 2 aromatic rings. The molecule has 2 rings (SSSR count). The molecule has 0 aliphatic rings. The SMILES string of the molecule is Cc1ccc(NC(=O)c2ncccc2C#CCCO)cc1. The molecule has 0 aliphatic heterocycles. The van der Waals surface area contributed by atoms with Crippen molar-refractivity contribution in [2.24, 2.45) is 0 Å². The standard InChI is InChI=1S/C17H16N2O2/c1-13-7-9-15(10-8-13)19-17(21)16-14(5-2-3-12-20)6-4-11-18-16/h4,6-11,20H,3,12H2,1H3,(H,19,21). The largest absolute Gasteiger partial charge is 0.395 e. The first-order valence-electron chi connectivity index (χ1n) is 6.63. The third kappa shape index (κ3) is 4.16. The van der Waals surface area contributed by atoms with Crippen LogP contribution < -0.4 is 5.32 Å². The number of carbonyl (C=O) groups excluding carboxylic acids is 1. The third-order valence-corrected chi connectivity index (χ3v) is 2.79. The number of carbonyl (C=O) groups is 1. The van der Waals surface area contributed by atoms with E-state index in [-0.39, 0.29) is 18.2 Å². The zero-order valence-corrected chi connectivity index (χ0v) is 11.8. The highest BCUT2D eigenvalue weighted by atomic mass is 16.2. The van der Waals surface area contributed by atoms with Crippen molar-refractivity contribution >= 4 is 11.6 Å². The minimum absolute atomic E-state index is 0.00183. The Hall–Kier alpha value is -2.64. The lowest BCUT2D eigenvalue weighted by atomic mass is 10.1. The van der Waals surface area contributed by atoms with Gasteiger partial charge in [0.15, 0.2) is 0 Å². The number of benzene rings is 1. The molecule has 0 aliphatic carbocycles. The van der Waals surface area contributed by atoms with Crippen LogP contribution in [0.5, 0.6) is 0 Å². The van der Waals surface area contributed by atoms with Gasteiger partial charge in [-0.1, -0.05) is 29.5 Å². The van der Waals surface area contributed by atoms with Crippen molar-refractivity contribution in [3.05, 3.63) is 59.4 Å². The Morgan fingerprint density at radius 2 is 2.05 bits per heavy atom. The van der Waals surface area contributed by atoms with Gasteiger partial charge in [-0.15, -0.1) is 0 Å². The van der Waals surface area contributed by atoms with Gasteiger partial charge >= 0.3 is 0 Å². The van der Waals surface area contributed by atoms with Gasteiger partial charge in [-0.25, -0.2) is 4.98 Å². The van der Waals surface area contributed by atoms with Gasteiger partial charge in [0.25, 0.3) is 5.91 Å². The van der Waals surface area contributed by atoms with Crippen LogP contribution in [0.2, 0.25) is 0 Å². The van der Waals surface area contributed by atoms with Crippen molar-refractivity contribution in [2.45, 2.75) is 13.3 Å². The fourth-order valence-corrected chi connectivity index (χ4v) is 1.73. The number of anilines is 1. The van der Waals surface area contributed by atoms with Crippen LogP contribution in [0.15, 0.2) is 42.6 Å². The minimum Gasteiger partial charge on any atom is -0.395 e. The molecule has 0 atom stereocenters. The summed E-state index contributed by atoms with van der Waals surface area (Å²) >= 11 is 0. The number of aromatic nitrogens is 1. The highest BCUT2D eigenvalue weighted by Gasteiger charge is 2.11. The molecular formula is C17H16N2O2. The van der Waals surface area contributed by atoms with E-state index in [9.17, 15) is 4.79 Å². The van der Waals surface area contributed by atoms with Gasteiger partial charge < -0.3 is 10.4 Å². The van der Waals surface area contributed by atoms with Gasteiger partial charge in [0.05, 0.1) is 12.2 Å². The number of hydrogen-bond acceptors (Lipinski definition) is 3. The summed E-state index contributed by atoms with van der Waals surface area (Å²) in [5, 5.41) is 11.5. The van der Waals surface area contributed by atoms with E-state index in [4.69, 9.17) is 5.11 Å². The van der Waals surface area contributed by atoms with Crippen LogP contribution in [0.4, 0.5) is 5.69 Å². The average molecular weight is 280 g/mol. The summed E-state index contributed by atoms with van der Waals surface area (Å²) in [7, 11) is 0. The maximum Gasteiger partial charge on any atom is 0.275 e. The number of rotatable bonds is 3. The third-order valence-electron chi connectivity index (χ3n) is 2.79. The van der Waals surface area contributed by atoms with Gasteiger partial charge in [-0.2, -0.15) is 0 Å². The molecule has 0 saturated heterocycles. The maximum atomic E-state index is 12.3. The summed E-state index contributed by atoms with van der Waals surface area (Å²) in [6, 6.07) is 11.0. The summed E-state index contributed by atoms with van der Waals surface area (Å²) in [5.74, 6) is 5.36. The first kappa shape index (κ1) is 14.8. The fraction of sp³-hybridized carbons (Fsp3) is 0.176. The van der Waals surface area contributed by atoms with Crippen LogP contribution in [0.3, 0.4) is 0 Å². The zero-order valence-electron chi connectivity index (χ0n) is 11.8. The number of nitrogens with one attached hydrogen (secondary N) is 1. The smallest absolute Gasteiger partial charge is 0.275 e. The number of amides is 1. The molecule has 21 heavy (non-hydrogen) atoms. The molecule has 4 heteroatoms. The van der Waals surface area contributed by atoms with Crippen LogP contribution in [0.1, 0.15) is 28.0 Å². The van der Waals surface area contributed by atoms with Gasteiger partial charge in [-0.05, 0) is 31.2 Å². The highest BCUT2D eigenvalue weighted by Crippen LogP contribution is 2.11. The summed E-state index contributed by atoms with van der Waals surface area (Å²) in [6.45, 7) is 1.98. The van der Waals surface area contributed by atoms with Crippen molar-refractivity contribution in [1.82, 2.24) is 4.98 Å². The quantitative estimate of drug-likeness (QED) is 0.849. The lowest BCUT2D eigenvalue weighted by Crippen LogP contribution is -2.15. The second-order valence-electron chi connectivity index (χ2n) is 4.50. The second kappa shape index (κ2) is 7.22. The molecule has 0 radical (unpaired) electrons. The number of hydrogen-bond donors (Lipinski definition) is 2. The molecule has 106 valence electrons. The van der Waals surface area contributed by atoms with Crippen molar-refractivity contribution in [3.8, 4) is 11.8 Å². The number of aliphatic hydroxyl groups excluding tert-OH is 1. The van der Waals surface area contributed by atoms with Gasteiger partial charge in [0.2, 0.25) is 0 Å². The number of aryl methyl sites for hydroxylation is 1. The van der Waals surface area contributed by atoms with E-state index in [0.29, 0.717) is 17.7 Å². The Balaban J connectivity index is 2.19. The van der Waals surface area contributed by atoms with Crippen molar-refractivity contribution < 1.29 is 9.90 Å². The first-order valence-corrected chi connectivity index (χ1v) is 6.63. The molecule has 1 aromatic carbocycles. The van der Waals surface area contributed by atoms with E-state index in [1.165, 1.54) is 0 Å². The first-order chi connectivity index (χ1) is 10.2. The topological polar surface area (TPSA) is 62.2 Å². The van der Waals surface area contributed by atoms with Gasteiger partial charge in [-0.3, -0.25) is 4.79 Å². The number of nitrogens with zero attached hydrogens (tertiary/aromatic N) is 1. The zero-order chi connectivity index (χ0) is 15.1. The van der Waals surface area contributed by atoms with Gasteiger partial charge in [0, 0.05) is 18.3 Å². The van der Waals surface area contributed by atoms with E-state index in [1.54, 1.807) is 18.3 Å². The lowest BCUT2D eigenvalue weighted by Gasteiger charge is -2.06. The Kier molecular flexibility index (Phi) is 5.08. The molecule has 0 saturated carbocycles. The number of aliphatic hydroxyl groups is 1. The predicted molar refractivity (Wildman–Crippen MR) is 82.0 cm³/mol. The monoisotopic (exact) mass is 280 g/mol. The number of pyridine rings is 1. The molecule has 0 unspecified atom stereocenters. The normalized spacial score (nSPS) is 9.62. The summed E-state index contributed by atoms with van der Waals surface area (Å²) in [5.41, 5.74) is 2.67. The van der Waals surface area contributed by atoms with E-state index >= 15 is 0 Å². The predicted octanol–water partition coefficient (Wildman–Crippen LogP) is 2.38. The van der Waals surface area contributed by atoms with Crippen LogP contribution >= 0.6 is 0 Å². The van der Waals surface area contributed by atoms with E-state index in [0.717, 1.165) is 5.56 Å². The van der Waals surface area contributed by atoms with Crippen LogP contribution in [-0.4, -0.2) is 22.6 Å². The molecular weight excluding hydrogens is 264 g/mol. The molecule has 1 amide bonds. The van der Waals surface area contributed by atoms with Crippen molar-refractivity contribution in [3.63, 3.8) is 0 Å². The fourth-order valence-electron chi connectivity index (χ4n) is 1.73. The molecule has 1 aromatic heterocycles. The van der Waals surface area contributed by atoms with E-state index in [1.807, 2.05) is 31.2 Å². The van der Waals surface area contributed by atoms with E-state index in [2.05, 4.69) is 22.1 Å². The maximum absolute atomic E-state index is 12.3. The average Bonchev–Trinajstić information content (AvgIpc) is 2.50. The summed E-state index contributed by atoms with van der Waals surface area (Å²) in [6.07, 6.45) is 1.93. The molecule has 0 fully saturated rings. The Bertz CT molecular complexity index is 682. The molecule has 1 heterocycles. The summed E-state index contributed by atoms with van der Waals surface area (Å²) in [4.78, 5) is 16.4. The summed E-state index contributed by atoms with van der Waals surface area (Å²) < 4.78 is 0. The minimum atomic E-state index is -0.298. The van der Waals surface area contributed by atoms with Gasteiger partial charge in [0.1, 0.15) is 5.69 Å². The molecule has 0 spiro atoms. The van der Waals surface area contributed by atoms with Crippen molar-refractivity contribution in [1.29, 1.82) is 0 Å². The van der Waals surface area contributed by atoms with E-state index < -0.39 is 0 Å². The van der Waals surface area contributed by atoms with Crippen molar-refractivity contribution in [2.75, 3.05) is 11.9 Å².